The number of carbonyl (C=O) groups is 2. The number of hydrogen-bond donors (Lipinski definition) is 2. The smallest absolute Gasteiger partial charge is 0.414 e. The zero-order valence-electron chi connectivity index (χ0n) is 14.9. The van der Waals surface area contributed by atoms with Crippen molar-refractivity contribution in [2.45, 2.75) is 19.1 Å². The van der Waals surface area contributed by atoms with Crippen LogP contribution in [0.2, 0.25) is 0 Å². The summed E-state index contributed by atoms with van der Waals surface area (Å²) in [4.78, 5) is 26.0. The van der Waals surface area contributed by atoms with Crippen molar-refractivity contribution in [1.82, 2.24) is 10.0 Å². The van der Waals surface area contributed by atoms with Gasteiger partial charge >= 0.3 is 6.09 Å². The maximum Gasteiger partial charge on any atom is 0.414 e. The zero-order valence-corrected chi connectivity index (χ0v) is 15.8. The molecule has 2 amide bonds. The molecule has 1 aromatic carbocycles. The van der Waals surface area contributed by atoms with Crippen LogP contribution in [0.15, 0.2) is 18.2 Å². The fourth-order valence-corrected chi connectivity index (χ4v) is 3.82. The Morgan fingerprint density at radius 1 is 1.33 bits per heavy atom. The monoisotopic (exact) mass is 400 g/mol. The van der Waals surface area contributed by atoms with Crippen molar-refractivity contribution in [3.8, 4) is 0 Å². The highest BCUT2D eigenvalue weighted by Gasteiger charge is 2.34. The third-order valence-electron chi connectivity index (χ3n) is 4.30. The van der Waals surface area contributed by atoms with Gasteiger partial charge in [-0.2, -0.15) is 0 Å². The van der Waals surface area contributed by atoms with Gasteiger partial charge in [-0.3, -0.25) is 9.69 Å². The lowest BCUT2D eigenvalue weighted by Gasteiger charge is -2.41. The summed E-state index contributed by atoms with van der Waals surface area (Å²) < 4.78 is 44.5. The summed E-state index contributed by atoms with van der Waals surface area (Å²) >= 11 is 0. The SMILES string of the molecule is CC(=O)NC[C@H]1CN(c2ccc(N3CC(NS(C)(=O)=O)C3)c(F)c2)C(=O)O1. The minimum atomic E-state index is -3.29. The van der Waals surface area contributed by atoms with Gasteiger partial charge in [-0.15, -0.1) is 0 Å². The number of rotatable bonds is 6. The second-order valence-corrected chi connectivity index (χ2v) is 8.46. The average molecular weight is 400 g/mol. The predicted octanol–water partition coefficient (Wildman–Crippen LogP) is 0.0248. The zero-order chi connectivity index (χ0) is 19.8. The van der Waals surface area contributed by atoms with Crippen LogP contribution in [-0.2, 0) is 19.6 Å². The van der Waals surface area contributed by atoms with Crippen LogP contribution < -0.4 is 19.8 Å². The number of benzene rings is 1. The van der Waals surface area contributed by atoms with E-state index in [4.69, 9.17) is 4.74 Å². The second kappa shape index (κ2) is 7.31. The molecule has 9 nitrogen and oxygen atoms in total. The molecule has 2 aliphatic heterocycles. The van der Waals surface area contributed by atoms with Crippen LogP contribution in [0.4, 0.5) is 20.6 Å². The van der Waals surface area contributed by atoms with Crippen molar-refractivity contribution < 1.29 is 27.1 Å². The summed E-state index contributed by atoms with van der Waals surface area (Å²) in [6, 6.07) is 4.16. The van der Waals surface area contributed by atoms with E-state index in [-0.39, 0.29) is 25.0 Å². The minimum Gasteiger partial charge on any atom is -0.442 e. The van der Waals surface area contributed by atoms with Gasteiger partial charge in [-0.25, -0.2) is 22.3 Å². The van der Waals surface area contributed by atoms with Gasteiger partial charge in [-0.05, 0) is 18.2 Å². The molecule has 0 aromatic heterocycles. The summed E-state index contributed by atoms with van der Waals surface area (Å²) in [6.45, 7) is 2.51. The molecule has 1 aromatic rings. The van der Waals surface area contributed by atoms with E-state index in [2.05, 4.69) is 10.0 Å². The van der Waals surface area contributed by atoms with Gasteiger partial charge in [0.2, 0.25) is 15.9 Å². The molecule has 0 spiro atoms. The molecule has 2 N–H and O–H groups in total. The van der Waals surface area contributed by atoms with Gasteiger partial charge in [0, 0.05) is 20.0 Å². The van der Waals surface area contributed by atoms with E-state index in [0.717, 1.165) is 6.26 Å². The van der Waals surface area contributed by atoms with Crippen molar-refractivity contribution in [1.29, 1.82) is 0 Å². The number of halogens is 1. The second-order valence-electron chi connectivity index (χ2n) is 6.68. The quantitative estimate of drug-likeness (QED) is 0.697. The summed E-state index contributed by atoms with van der Waals surface area (Å²) in [5.74, 6) is -0.735. The van der Waals surface area contributed by atoms with Crippen LogP contribution in [0.25, 0.3) is 0 Å². The van der Waals surface area contributed by atoms with Crippen LogP contribution in [-0.4, -0.2) is 65.0 Å². The molecule has 2 aliphatic rings. The molecule has 2 heterocycles. The summed E-state index contributed by atoms with van der Waals surface area (Å²) in [5, 5.41) is 2.58. The molecule has 0 unspecified atom stereocenters. The largest absolute Gasteiger partial charge is 0.442 e. The molecule has 3 rings (SSSR count). The summed E-state index contributed by atoms with van der Waals surface area (Å²) in [6.07, 6.45) is -0.0134. The van der Waals surface area contributed by atoms with Gasteiger partial charge in [0.05, 0.1) is 36.8 Å². The van der Waals surface area contributed by atoms with E-state index in [0.29, 0.717) is 24.5 Å². The minimum absolute atomic E-state index is 0.195. The summed E-state index contributed by atoms with van der Waals surface area (Å²) in [7, 11) is -3.29. The Morgan fingerprint density at radius 3 is 2.63 bits per heavy atom. The fourth-order valence-electron chi connectivity index (χ4n) is 3.07. The number of anilines is 2. The molecule has 0 bridgehead atoms. The molecule has 2 fully saturated rings. The van der Waals surface area contributed by atoms with Crippen molar-refractivity contribution in [3.63, 3.8) is 0 Å². The van der Waals surface area contributed by atoms with Crippen LogP contribution in [0.1, 0.15) is 6.92 Å². The van der Waals surface area contributed by atoms with Crippen molar-refractivity contribution in [2.75, 3.05) is 42.2 Å². The number of amides is 2. The van der Waals surface area contributed by atoms with Gasteiger partial charge in [-0.1, -0.05) is 0 Å². The molecule has 27 heavy (non-hydrogen) atoms. The Hall–Kier alpha value is -2.40. The predicted molar refractivity (Wildman–Crippen MR) is 96.7 cm³/mol. The number of cyclic esters (lactones) is 1. The lowest BCUT2D eigenvalue weighted by Crippen LogP contribution is -2.59. The first kappa shape index (κ1) is 19.4. The van der Waals surface area contributed by atoms with Gasteiger partial charge < -0.3 is 15.0 Å². The Labute approximate surface area is 156 Å². The molecule has 0 saturated carbocycles. The van der Waals surface area contributed by atoms with E-state index in [1.165, 1.54) is 17.9 Å². The third kappa shape index (κ3) is 4.66. The Morgan fingerprint density at radius 2 is 2.04 bits per heavy atom. The van der Waals surface area contributed by atoms with Gasteiger partial charge in [0.1, 0.15) is 11.9 Å². The molecular formula is C16H21FN4O5S. The normalized spacial score (nSPS) is 20.4. The van der Waals surface area contributed by atoms with Crippen molar-refractivity contribution in [3.05, 3.63) is 24.0 Å². The van der Waals surface area contributed by atoms with Crippen molar-refractivity contribution in [2.24, 2.45) is 0 Å². The highest BCUT2D eigenvalue weighted by atomic mass is 32.2. The van der Waals surface area contributed by atoms with Crippen LogP contribution in [0.3, 0.4) is 0 Å². The maximum absolute atomic E-state index is 14.5. The first-order chi connectivity index (χ1) is 12.6. The average Bonchev–Trinajstić information content (AvgIpc) is 2.89. The Bertz CT molecular complexity index is 856. The van der Waals surface area contributed by atoms with Crippen LogP contribution in [0, 0.1) is 5.82 Å². The number of carbonyl (C=O) groups excluding carboxylic acids is 2. The number of ether oxygens (including phenoxy) is 1. The standard InChI is InChI=1S/C16H21FN4O5S/c1-10(22)18-6-13-9-21(16(23)26-13)12-3-4-15(14(17)5-12)20-7-11(8-20)19-27(2,24)25/h3-5,11,13,19H,6-9H2,1-2H3,(H,18,22)/t13-/m0/s1. The number of hydrogen-bond acceptors (Lipinski definition) is 6. The van der Waals surface area contributed by atoms with E-state index in [1.54, 1.807) is 17.0 Å². The van der Waals surface area contributed by atoms with Crippen LogP contribution in [0.5, 0.6) is 0 Å². The highest BCUT2D eigenvalue weighted by Crippen LogP contribution is 2.30. The lowest BCUT2D eigenvalue weighted by atomic mass is 10.1. The molecule has 148 valence electrons. The van der Waals surface area contributed by atoms with E-state index < -0.39 is 28.0 Å². The topological polar surface area (TPSA) is 108 Å². The van der Waals surface area contributed by atoms with E-state index in [9.17, 15) is 22.4 Å². The van der Waals surface area contributed by atoms with Gasteiger partial charge in [0.25, 0.3) is 0 Å². The lowest BCUT2D eigenvalue weighted by molar-refractivity contribution is -0.119. The Kier molecular flexibility index (Phi) is 5.24. The maximum atomic E-state index is 14.5. The first-order valence-electron chi connectivity index (χ1n) is 8.37. The molecule has 1 atom stereocenters. The molecule has 2 saturated heterocycles. The molecule has 0 aliphatic carbocycles. The molecular weight excluding hydrogens is 379 g/mol. The van der Waals surface area contributed by atoms with Crippen molar-refractivity contribution >= 4 is 33.4 Å². The number of sulfonamides is 1. The van der Waals surface area contributed by atoms with Crippen LogP contribution >= 0.6 is 0 Å². The highest BCUT2D eigenvalue weighted by molar-refractivity contribution is 7.88. The van der Waals surface area contributed by atoms with E-state index >= 15 is 0 Å². The molecule has 0 radical (unpaired) electrons. The Balaban J connectivity index is 1.62. The molecule has 11 heteroatoms. The first-order valence-corrected chi connectivity index (χ1v) is 10.3. The summed E-state index contributed by atoms with van der Waals surface area (Å²) in [5.41, 5.74) is 0.700. The van der Waals surface area contributed by atoms with E-state index in [1.807, 2.05) is 0 Å². The van der Waals surface area contributed by atoms with Gasteiger partial charge in [0.15, 0.2) is 0 Å². The number of nitrogens with zero attached hydrogens (tertiary/aromatic N) is 2. The fraction of sp³-hybridized carbons (Fsp3) is 0.500. The number of nitrogens with one attached hydrogen (secondary N) is 2. The third-order valence-corrected chi connectivity index (χ3v) is 5.06.